The summed E-state index contributed by atoms with van der Waals surface area (Å²) in [5, 5.41) is 4.16. The molecule has 3 aromatic rings. The Morgan fingerprint density at radius 3 is 2.79 bits per heavy atom. The van der Waals surface area contributed by atoms with Crippen LogP contribution in [0.2, 0.25) is 0 Å². The fraction of sp³-hybridized carbons (Fsp3) is 0.333. The second-order valence-electron chi connectivity index (χ2n) is 6.22. The van der Waals surface area contributed by atoms with Crippen molar-refractivity contribution in [1.29, 1.82) is 0 Å². The molecule has 0 N–H and O–H groups in total. The summed E-state index contributed by atoms with van der Waals surface area (Å²) in [4.78, 5) is 27.3. The van der Waals surface area contributed by atoms with Crippen LogP contribution < -0.4 is 5.69 Å². The Labute approximate surface area is 143 Å². The molecule has 1 aliphatic rings. The number of thiophene rings is 1. The third-order valence-corrected chi connectivity index (χ3v) is 5.55. The fourth-order valence-electron chi connectivity index (χ4n) is 3.62. The van der Waals surface area contributed by atoms with Gasteiger partial charge >= 0.3 is 5.69 Å². The van der Waals surface area contributed by atoms with E-state index in [4.69, 9.17) is 0 Å². The van der Waals surface area contributed by atoms with E-state index in [2.05, 4.69) is 11.4 Å². The molecule has 0 saturated carbocycles. The smallest absolute Gasteiger partial charge is 0.329 e. The molecular formula is C18H19N3O2S. The van der Waals surface area contributed by atoms with Gasteiger partial charge in [-0.1, -0.05) is 12.1 Å². The summed E-state index contributed by atoms with van der Waals surface area (Å²) in [5.74, 6) is 0.0159. The number of fused-ring (bicyclic) bond motifs is 1. The number of rotatable bonds is 3. The van der Waals surface area contributed by atoms with Crippen LogP contribution in [-0.2, 0) is 18.4 Å². The molecule has 0 aliphatic carbocycles. The largest absolute Gasteiger partial charge is 0.334 e. The van der Waals surface area contributed by atoms with E-state index in [9.17, 15) is 9.59 Å². The Morgan fingerprint density at radius 1 is 1.25 bits per heavy atom. The van der Waals surface area contributed by atoms with E-state index in [1.165, 1.54) is 5.56 Å². The number of carbonyl (C=O) groups excluding carboxylic acids is 1. The number of hydrogen-bond donors (Lipinski definition) is 0. The molecule has 1 aromatic carbocycles. The van der Waals surface area contributed by atoms with E-state index in [0.717, 1.165) is 30.4 Å². The first kappa shape index (κ1) is 15.2. The summed E-state index contributed by atoms with van der Waals surface area (Å²) in [6.45, 7) is 0.861. The van der Waals surface area contributed by atoms with Gasteiger partial charge in [-0.15, -0.1) is 0 Å². The van der Waals surface area contributed by atoms with Crippen molar-refractivity contribution in [2.75, 3.05) is 6.54 Å². The number of hydrogen-bond acceptors (Lipinski definition) is 3. The Hall–Kier alpha value is -2.34. The van der Waals surface area contributed by atoms with Crippen molar-refractivity contribution in [2.45, 2.75) is 25.4 Å². The zero-order chi connectivity index (χ0) is 16.7. The topological polar surface area (TPSA) is 47.2 Å². The van der Waals surface area contributed by atoms with Gasteiger partial charge in [0.15, 0.2) is 0 Å². The van der Waals surface area contributed by atoms with Gasteiger partial charge in [0.25, 0.3) is 0 Å². The molecule has 1 fully saturated rings. The molecule has 3 heterocycles. The molecule has 5 nitrogen and oxygen atoms in total. The molecule has 1 atom stereocenters. The molecule has 2 aromatic heterocycles. The number of aryl methyl sites for hydroxylation is 1. The standard InChI is InChI=1S/C18H19N3O2S/c1-19-15-5-2-3-6-16(15)21(18(19)23)11-17(22)20-9-4-7-14(20)13-8-10-24-12-13/h2-3,5-6,8,10,12,14H,4,7,9,11H2,1H3. The zero-order valence-electron chi connectivity index (χ0n) is 13.5. The molecule has 1 amide bonds. The Bertz CT molecular complexity index is 939. The van der Waals surface area contributed by atoms with Gasteiger partial charge in [0.1, 0.15) is 6.54 Å². The number of imidazole rings is 1. The molecule has 24 heavy (non-hydrogen) atoms. The number of para-hydroxylation sites is 2. The number of carbonyl (C=O) groups is 1. The van der Waals surface area contributed by atoms with Crippen LogP contribution in [0, 0.1) is 0 Å². The minimum Gasteiger partial charge on any atom is -0.334 e. The maximum absolute atomic E-state index is 12.9. The zero-order valence-corrected chi connectivity index (χ0v) is 14.3. The monoisotopic (exact) mass is 341 g/mol. The molecule has 4 rings (SSSR count). The minimum absolute atomic E-state index is 0.0159. The summed E-state index contributed by atoms with van der Waals surface area (Å²) in [6.07, 6.45) is 2.00. The van der Waals surface area contributed by atoms with Crippen molar-refractivity contribution < 1.29 is 4.79 Å². The van der Waals surface area contributed by atoms with Crippen LogP contribution in [0.25, 0.3) is 11.0 Å². The van der Waals surface area contributed by atoms with Crippen LogP contribution in [0.5, 0.6) is 0 Å². The third-order valence-electron chi connectivity index (χ3n) is 4.85. The van der Waals surface area contributed by atoms with E-state index in [-0.39, 0.29) is 24.2 Å². The normalized spacial score (nSPS) is 17.7. The second kappa shape index (κ2) is 5.94. The first-order chi connectivity index (χ1) is 11.7. The number of likely N-dealkylation sites (tertiary alicyclic amines) is 1. The van der Waals surface area contributed by atoms with E-state index in [1.54, 1.807) is 27.5 Å². The first-order valence-electron chi connectivity index (χ1n) is 8.12. The SMILES string of the molecule is Cn1c(=O)n(CC(=O)N2CCCC2c2ccsc2)c2ccccc21. The highest BCUT2D eigenvalue weighted by Crippen LogP contribution is 2.33. The van der Waals surface area contributed by atoms with Gasteiger partial charge in [0.2, 0.25) is 5.91 Å². The van der Waals surface area contributed by atoms with Gasteiger partial charge in [0.05, 0.1) is 17.1 Å². The van der Waals surface area contributed by atoms with Crippen molar-refractivity contribution in [3.8, 4) is 0 Å². The predicted octanol–water partition coefficient (Wildman–Crippen LogP) is 2.77. The van der Waals surface area contributed by atoms with E-state index >= 15 is 0 Å². The molecule has 0 bridgehead atoms. The van der Waals surface area contributed by atoms with Gasteiger partial charge in [-0.05, 0) is 47.4 Å². The van der Waals surface area contributed by atoms with Gasteiger partial charge in [-0.3, -0.25) is 13.9 Å². The highest BCUT2D eigenvalue weighted by atomic mass is 32.1. The van der Waals surface area contributed by atoms with Crippen LogP contribution in [0.3, 0.4) is 0 Å². The second-order valence-corrected chi connectivity index (χ2v) is 7.00. The van der Waals surface area contributed by atoms with Crippen molar-refractivity contribution in [1.82, 2.24) is 14.0 Å². The molecular weight excluding hydrogens is 322 g/mol. The van der Waals surface area contributed by atoms with Crippen LogP contribution in [0.15, 0.2) is 45.9 Å². The van der Waals surface area contributed by atoms with E-state index < -0.39 is 0 Å². The number of nitrogens with zero attached hydrogens (tertiary/aromatic N) is 3. The Morgan fingerprint density at radius 2 is 2.04 bits per heavy atom. The summed E-state index contributed by atoms with van der Waals surface area (Å²) in [7, 11) is 1.75. The van der Waals surface area contributed by atoms with Crippen LogP contribution in [-0.4, -0.2) is 26.5 Å². The summed E-state index contributed by atoms with van der Waals surface area (Å²) >= 11 is 1.66. The lowest BCUT2D eigenvalue weighted by atomic mass is 10.1. The number of amides is 1. The van der Waals surface area contributed by atoms with E-state index in [0.29, 0.717) is 0 Å². The van der Waals surface area contributed by atoms with Gasteiger partial charge in [0, 0.05) is 13.6 Å². The van der Waals surface area contributed by atoms with E-state index in [1.807, 2.05) is 34.5 Å². The van der Waals surface area contributed by atoms with Crippen molar-refractivity contribution >= 4 is 28.3 Å². The van der Waals surface area contributed by atoms with Crippen LogP contribution >= 0.6 is 11.3 Å². The molecule has 0 spiro atoms. The summed E-state index contributed by atoms with van der Waals surface area (Å²) in [6, 6.07) is 9.83. The lowest BCUT2D eigenvalue weighted by Crippen LogP contribution is -2.36. The van der Waals surface area contributed by atoms with Crippen molar-refractivity contribution in [3.05, 3.63) is 57.1 Å². The summed E-state index contributed by atoms with van der Waals surface area (Å²) < 4.78 is 3.18. The first-order valence-corrected chi connectivity index (χ1v) is 9.07. The molecule has 6 heteroatoms. The van der Waals surface area contributed by atoms with Gasteiger partial charge in [-0.2, -0.15) is 11.3 Å². The van der Waals surface area contributed by atoms with Crippen LogP contribution in [0.4, 0.5) is 0 Å². The third kappa shape index (κ3) is 2.38. The maximum Gasteiger partial charge on any atom is 0.329 e. The Kier molecular flexibility index (Phi) is 3.76. The number of aromatic nitrogens is 2. The molecule has 1 unspecified atom stereocenters. The average molecular weight is 341 g/mol. The van der Waals surface area contributed by atoms with Gasteiger partial charge in [-0.25, -0.2) is 4.79 Å². The molecule has 1 aliphatic heterocycles. The molecule has 1 saturated heterocycles. The average Bonchev–Trinajstić information content (AvgIpc) is 3.31. The Balaban J connectivity index is 1.65. The lowest BCUT2D eigenvalue weighted by molar-refractivity contribution is -0.132. The highest BCUT2D eigenvalue weighted by molar-refractivity contribution is 7.08. The molecule has 0 radical (unpaired) electrons. The van der Waals surface area contributed by atoms with Crippen LogP contribution in [0.1, 0.15) is 24.4 Å². The fourth-order valence-corrected chi connectivity index (χ4v) is 4.33. The van der Waals surface area contributed by atoms with Gasteiger partial charge < -0.3 is 4.90 Å². The maximum atomic E-state index is 12.9. The lowest BCUT2D eigenvalue weighted by Gasteiger charge is -2.24. The summed E-state index contributed by atoms with van der Waals surface area (Å²) in [5.41, 5.74) is 2.72. The molecule has 124 valence electrons. The quantitative estimate of drug-likeness (QED) is 0.735. The predicted molar refractivity (Wildman–Crippen MR) is 95.2 cm³/mol. The highest BCUT2D eigenvalue weighted by Gasteiger charge is 2.30. The van der Waals surface area contributed by atoms with Crippen molar-refractivity contribution in [2.24, 2.45) is 7.05 Å². The minimum atomic E-state index is -0.143. The van der Waals surface area contributed by atoms with Crippen molar-refractivity contribution in [3.63, 3.8) is 0 Å². The number of benzene rings is 1.